The second-order valence-electron chi connectivity index (χ2n) is 13.9. The minimum absolute atomic E-state index is 0.128. The molecule has 0 aliphatic heterocycles. The van der Waals surface area contributed by atoms with E-state index in [1.165, 1.54) is 6.42 Å². The Balaban J connectivity index is 1.48. The van der Waals surface area contributed by atoms with Crippen molar-refractivity contribution in [2.75, 3.05) is 5.32 Å². The van der Waals surface area contributed by atoms with Crippen LogP contribution < -0.4 is 5.32 Å². The molecule has 5 nitrogen and oxygen atoms in total. The topological polar surface area (TPSA) is 78.3 Å². The van der Waals surface area contributed by atoms with E-state index < -0.39 is 11.1 Å². The van der Waals surface area contributed by atoms with Crippen LogP contribution in [0.4, 0.5) is 5.82 Å². The van der Waals surface area contributed by atoms with Gasteiger partial charge >= 0.3 is 0 Å². The van der Waals surface area contributed by atoms with Crippen molar-refractivity contribution in [2.24, 2.45) is 46.3 Å². The lowest BCUT2D eigenvalue weighted by Gasteiger charge is -2.66. The van der Waals surface area contributed by atoms with Crippen LogP contribution in [0.3, 0.4) is 0 Å². The quantitative estimate of drug-likeness (QED) is 0.388. The highest BCUT2D eigenvalue weighted by molar-refractivity contribution is 5.44. The highest BCUT2D eigenvalue weighted by atomic mass is 16.3. The highest BCUT2D eigenvalue weighted by Crippen LogP contribution is 2.69. The molecular formula is C32H49N3O2. The molecule has 1 aromatic rings. The van der Waals surface area contributed by atoms with Gasteiger partial charge in [-0.25, -0.2) is 4.98 Å². The molecule has 1 heterocycles. The summed E-state index contributed by atoms with van der Waals surface area (Å²) in [6, 6.07) is 0. The minimum Gasteiger partial charge on any atom is -0.393 e. The lowest BCUT2D eigenvalue weighted by atomic mass is 9.42. The van der Waals surface area contributed by atoms with Crippen LogP contribution in [0.15, 0.2) is 42.9 Å². The van der Waals surface area contributed by atoms with E-state index in [1.807, 2.05) is 0 Å². The van der Waals surface area contributed by atoms with E-state index in [2.05, 4.69) is 81.1 Å². The van der Waals surface area contributed by atoms with Crippen LogP contribution in [0.25, 0.3) is 0 Å². The minimum atomic E-state index is -0.818. The summed E-state index contributed by atoms with van der Waals surface area (Å²) in [6.07, 6.45) is 20.8. The number of hydrogen-bond acceptors (Lipinski definition) is 5. The molecule has 5 heteroatoms. The second-order valence-corrected chi connectivity index (χ2v) is 13.9. The van der Waals surface area contributed by atoms with Gasteiger partial charge in [-0.15, -0.1) is 0 Å². The van der Waals surface area contributed by atoms with Gasteiger partial charge in [0, 0.05) is 24.2 Å². The first-order valence-corrected chi connectivity index (χ1v) is 14.8. The Morgan fingerprint density at radius 1 is 0.973 bits per heavy atom. The number of nitrogens with one attached hydrogen (secondary N) is 1. The van der Waals surface area contributed by atoms with Crippen LogP contribution in [0.5, 0.6) is 0 Å². The van der Waals surface area contributed by atoms with Gasteiger partial charge in [-0.1, -0.05) is 65.8 Å². The lowest BCUT2D eigenvalue weighted by Crippen LogP contribution is -2.69. The summed E-state index contributed by atoms with van der Waals surface area (Å²) in [5, 5.41) is 27.2. The number of aliphatic hydroxyl groups is 2. The molecule has 3 N–H and O–H groups in total. The van der Waals surface area contributed by atoms with E-state index in [0.717, 1.165) is 37.9 Å². The van der Waals surface area contributed by atoms with Gasteiger partial charge in [0.15, 0.2) is 0 Å². The van der Waals surface area contributed by atoms with Crippen molar-refractivity contribution >= 4 is 5.82 Å². The zero-order chi connectivity index (χ0) is 26.6. The Morgan fingerprint density at radius 3 is 2.46 bits per heavy atom. The number of aromatic nitrogens is 2. The summed E-state index contributed by atoms with van der Waals surface area (Å²) in [5.41, 5.74) is -1.33. The summed E-state index contributed by atoms with van der Waals surface area (Å²) in [7, 11) is 0. The smallest absolute Gasteiger partial charge is 0.145 e. The van der Waals surface area contributed by atoms with Gasteiger partial charge in [-0.2, -0.15) is 0 Å². The van der Waals surface area contributed by atoms with Crippen molar-refractivity contribution in [3.8, 4) is 0 Å². The van der Waals surface area contributed by atoms with Gasteiger partial charge in [0.05, 0.1) is 23.4 Å². The molecule has 4 aliphatic rings. The Labute approximate surface area is 224 Å². The van der Waals surface area contributed by atoms with Crippen LogP contribution >= 0.6 is 0 Å². The lowest BCUT2D eigenvalue weighted by molar-refractivity contribution is -0.177. The maximum Gasteiger partial charge on any atom is 0.145 e. The third kappa shape index (κ3) is 4.19. The summed E-state index contributed by atoms with van der Waals surface area (Å²) < 4.78 is 0. The number of nitrogens with zero attached hydrogens (tertiary/aromatic N) is 2. The van der Waals surface area contributed by atoms with Crippen LogP contribution in [0.2, 0.25) is 0 Å². The SMILES string of the molecule is CC(C)[C@@H](C)/C=C/[C@@H](C)[C@H]1CC[C@@H]2[C@]1(C)CCC1[C@]2(O)C=C[C@@]2(Nc3cnccn3)C[C@@H](O)CC[C@]12C. The van der Waals surface area contributed by atoms with Crippen LogP contribution in [-0.2, 0) is 0 Å². The van der Waals surface area contributed by atoms with Gasteiger partial charge in [-0.3, -0.25) is 4.98 Å². The fraction of sp³-hybridized carbons (Fsp3) is 0.750. The van der Waals surface area contributed by atoms with Crippen LogP contribution in [-0.4, -0.2) is 37.4 Å². The molecule has 0 amide bonds. The molecule has 3 fully saturated rings. The molecule has 1 aromatic heterocycles. The molecule has 5 rings (SSSR count). The third-order valence-electron chi connectivity index (χ3n) is 11.8. The molecule has 1 unspecified atom stereocenters. The second kappa shape index (κ2) is 9.48. The zero-order valence-corrected chi connectivity index (χ0v) is 23.8. The van der Waals surface area contributed by atoms with Gasteiger partial charge in [-0.05, 0) is 79.4 Å². The number of aliphatic hydroxyl groups excluding tert-OH is 1. The largest absolute Gasteiger partial charge is 0.393 e. The molecular weight excluding hydrogens is 458 g/mol. The number of rotatable bonds is 6. The van der Waals surface area contributed by atoms with E-state index in [4.69, 9.17) is 0 Å². The molecule has 4 aliphatic carbocycles. The summed E-state index contributed by atoms with van der Waals surface area (Å²) >= 11 is 0. The first-order valence-electron chi connectivity index (χ1n) is 14.8. The number of fused-ring (bicyclic) bond motifs is 5. The molecule has 0 aromatic carbocycles. The summed E-state index contributed by atoms with van der Waals surface area (Å²) in [5.74, 6) is 3.49. The van der Waals surface area contributed by atoms with Gasteiger partial charge in [0.25, 0.3) is 0 Å². The maximum absolute atomic E-state index is 12.6. The summed E-state index contributed by atoms with van der Waals surface area (Å²) in [4.78, 5) is 8.78. The third-order valence-corrected chi connectivity index (χ3v) is 11.8. The Morgan fingerprint density at radius 2 is 1.76 bits per heavy atom. The molecule has 0 spiro atoms. The van der Waals surface area contributed by atoms with Crippen LogP contribution in [0, 0.1) is 46.3 Å². The molecule has 204 valence electrons. The molecule has 3 saturated carbocycles. The van der Waals surface area contributed by atoms with Crippen molar-refractivity contribution in [3.05, 3.63) is 42.9 Å². The zero-order valence-electron chi connectivity index (χ0n) is 23.8. The first-order chi connectivity index (χ1) is 17.5. The van der Waals surface area contributed by atoms with Gasteiger partial charge in [0.1, 0.15) is 5.82 Å². The van der Waals surface area contributed by atoms with Crippen molar-refractivity contribution in [1.82, 2.24) is 9.97 Å². The maximum atomic E-state index is 12.6. The number of hydrogen-bond donors (Lipinski definition) is 3. The fourth-order valence-electron chi connectivity index (χ4n) is 9.19. The van der Waals surface area contributed by atoms with Crippen molar-refractivity contribution in [2.45, 2.75) is 104 Å². The van der Waals surface area contributed by atoms with Gasteiger partial charge < -0.3 is 15.5 Å². The first kappa shape index (κ1) is 26.9. The van der Waals surface area contributed by atoms with Crippen LogP contribution in [0.1, 0.15) is 86.5 Å². The molecule has 0 saturated heterocycles. The molecule has 0 bridgehead atoms. The molecule has 37 heavy (non-hydrogen) atoms. The van der Waals surface area contributed by atoms with Crippen molar-refractivity contribution < 1.29 is 10.2 Å². The molecule has 10 atom stereocenters. The van der Waals surface area contributed by atoms with Crippen molar-refractivity contribution in [3.63, 3.8) is 0 Å². The van der Waals surface area contributed by atoms with E-state index >= 15 is 0 Å². The van der Waals surface area contributed by atoms with E-state index in [1.54, 1.807) is 18.6 Å². The predicted molar refractivity (Wildman–Crippen MR) is 150 cm³/mol. The van der Waals surface area contributed by atoms with E-state index in [0.29, 0.717) is 30.1 Å². The Hall–Kier alpha value is -1.72. The highest BCUT2D eigenvalue weighted by Gasteiger charge is 2.68. The predicted octanol–water partition coefficient (Wildman–Crippen LogP) is 6.41. The van der Waals surface area contributed by atoms with E-state index in [-0.39, 0.29) is 28.8 Å². The Bertz CT molecular complexity index is 1030. The number of anilines is 1. The van der Waals surface area contributed by atoms with Crippen molar-refractivity contribution in [1.29, 1.82) is 0 Å². The van der Waals surface area contributed by atoms with Gasteiger partial charge in [0.2, 0.25) is 0 Å². The number of allylic oxidation sites excluding steroid dienone is 2. The Kier molecular flexibility index (Phi) is 6.89. The summed E-state index contributed by atoms with van der Waals surface area (Å²) in [6.45, 7) is 14.1. The monoisotopic (exact) mass is 507 g/mol. The molecule has 0 radical (unpaired) electrons. The normalized spacial score (nSPS) is 44.8. The van der Waals surface area contributed by atoms with E-state index in [9.17, 15) is 10.2 Å². The standard InChI is InChI=1S/C32H49N3O2/c1-21(2)22(3)7-8-23(4)25-9-10-26-29(25,5)13-12-27-30(6)14-11-24(36)19-31(30,15-16-32(26,27)37)35-28-20-33-17-18-34-28/h7-8,15-18,20-27,36-37H,9-14,19H2,1-6H3,(H,34,35)/b8-7+/t22-,23+,24-,25+,26+,27?,29+,30+,31+,32-/m0/s1. The average molecular weight is 508 g/mol. The average Bonchev–Trinajstić information content (AvgIpc) is 3.22. The fourth-order valence-corrected chi connectivity index (χ4v) is 9.19.